The Morgan fingerprint density at radius 1 is 1.17 bits per heavy atom. The van der Waals surface area contributed by atoms with E-state index in [1.165, 1.54) is 0 Å². The second kappa shape index (κ2) is 7.25. The highest BCUT2D eigenvalue weighted by atomic mass is 16.7. The SMILES string of the molecule is CCc1cccc(C)c1NC(=O)NCCc1ccc2c(c1)OCO2. The van der Waals surface area contributed by atoms with Crippen LogP contribution in [0, 0.1) is 6.92 Å². The molecule has 0 atom stereocenters. The van der Waals surface area contributed by atoms with Gasteiger partial charge in [0.25, 0.3) is 0 Å². The summed E-state index contributed by atoms with van der Waals surface area (Å²) in [6.45, 7) is 4.91. The quantitative estimate of drug-likeness (QED) is 0.882. The van der Waals surface area contributed by atoms with Gasteiger partial charge in [-0.1, -0.05) is 31.2 Å². The number of hydrogen-bond acceptors (Lipinski definition) is 3. The molecule has 24 heavy (non-hydrogen) atoms. The van der Waals surface area contributed by atoms with E-state index in [0.717, 1.165) is 46.7 Å². The Balaban J connectivity index is 1.53. The fourth-order valence-electron chi connectivity index (χ4n) is 2.78. The molecule has 5 nitrogen and oxygen atoms in total. The molecule has 0 radical (unpaired) electrons. The molecule has 0 bridgehead atoms. The predicted octanol–water partition coefficient (Wildman–Crippen LogP) is 3.65. The smallest absolute Gasteiger partial charge is 0.319 e. The first-order chi connectivity index (χ1) is 11.7. The molecule has 1 heterocycles. The summed E-state index contributed by atoms with van der Waals surface area (Å²) in [4.78, 5) is 12.1. The highest BCUT2D eigenvalue weighted by molar-refractivity contribution is 5.91. The van der Waals surface area contributed by atoms with E-state index in [1.54, 1.807) is 0 Å². The van der Waals surface area contributed by atoms with Crippen LogP contribution in [0.3, 0.4) is 0 Å². The van der Waals surface area contributed by atoms with E-state index in [0.29, 0.717) is 6.54 Å². The topological polar surface area (TPSA) is 59.6 Å². The van der Waals surface area contributed by atoms with E-state index in [2.05, 4.69) is 17.6 Å². The van der Waals surface area contributed by atoms with Crippen LogP contribution in [0.4, 0.5) is 10.5 Å². The Bertz CT molecular complexity index is 743. The van der Waals surface area contributed by atoms with Gasteiger partial charge in [0.1, 0.15) is 0 Å². The second-order valence-electron chi connectivity index (χ2n) is 5.78. The summed E-state index contributed by atoms with van der Waals surface area (Å²) in [5.41, 5.74) is 4.21. The number of rotatable bonds is 5. The van der Waals surface area contributed by atoms with Crippen molar-refractivity contribution in [2.75, 3.05) is 18.7 Å². The Morgan fingerprint density at radius 2 is 2.00 bits per heavy atom. The van der Waals surface area contributed by atoms with Crippen LogP contribution in [-0.2, 0) is 12.8 Å². The highest BCUT2D eigenvalue weighted by Crippen LogP contribution is 2.32. The molecule has 0 aliphatic carbocycles. The molecule has 0 spiro atoms. The molecular weight excluding hydrogens is 304 g/mol. The number of carbonyl (C=O) groups excluding carboxylic acids is 1. The first-order valence-electron chi connectivity index (χ1n) is 8.19. The Labute approximate surface area is 142 Å². The maximum absolute atomic E-state index is 12.1. The van der Waals surface area contributed by atoms with Gasteiger partial charge in [-0.3, -0.25) is 0 Å². The molecule has 0 aromatic heterocycles. The molecule has 1 aliphatic rings. The number of nitrogens with one attached hydrogen (secondary N) is 2. The highest BCUT2D eigenvalue weighted by Gasteiger charge is 2.13. The zero-order chi connectivity index (χ0) is 16.9. The van der Waals surface area contributed by atoms with Crippen molar-refractivity contribution in [3.8, 4) is 11.5 Å². The van der Waals surface area contributed by atoms with E-state index in [1.807, 2.05) is 43.3 Å². The van der Waals surface area contributed by atoms with Crippen molar-refractivity contribution in [3.63, 3.8) is 0 Å². The van der Waals surface area contributed by atoms with Gasteiger partial charge in [0.05, 0.1) is 0 Å². The zero-order valence-corrected chi connectivity index (χ0v) is 14.0. The minimum Gasteiger partial charge on any atom is -0.454 e. The zero-order valence-electron chi connectivity index (χ0n) is 14.0. The standard InChI is InChI=1S/C19H22N2O3/c1-3-15-6-4-5-13(2)18(15)21-19(22)20-10-9-14-7-8-16-17(11-14)24-12-23-16/h4-8,11H,3,9-10,12H2,1-2H3,(H2,20,21,22). The molecule has 3 rings (SSSR count). The first kappa shape index (κ1) is 16.2. The summed E-state index contributed by atoms with van der Waals surface area (Å²) in [6.07, 6.45) is 1.62. The molecule has 0 saturated heterocycles. The van der Waals surface area contributed by atoms with Gasteiger partial charge in [0.15, 0.2) is 11.5 Å². The lowest BCUT2D eigenvalue weighted by molar-refractivity contribution is 0.174. The van der Waals surface area contributed by atoms with Crippen LogP contribution in [0.2, 0.25) is 0 Å². The third-order valence-electron chi connectivity index (χ3n) is 4.11. The summed E-state index contributed by atoms with van der Waals surface area (Å²) < 4.78 is 10.7. The van der Waals surface area contributed by atoms with Crippen molar-refractivity contribution in [2.45, 2.75) is 26.7 Å². The Morgan fingerprint density at radius 3 is 2.83 bits per heavy atom. The monoisotopic (exact) mass is 326 g/mol. The number of ether oxygens (including phenoxy) is 2. The van der Waals surface area contributed by atoms with E-state index >= 15 is 0 Å². The first-order valence-corrected chi connectivity index (χ1v) is 8.19. The lowest BCUT2D eigenvalue weighted by atomic mass is 10.1. The van der Waals surface area contributed by atoms with Gasteiger partial charge in [0, 0.05) is 12.2 Å². The third-order valence-corrected chi connectivity index (χ3v) is 4.11. The lowest BCUT2D eigenvalue weighted by Gasteiger charge is -2.13. The predicted molar refractivity (Wildman–Crippen MR) is 93.8 cm³/mol. The van der Waals surface area contributed by atoms with Crippen molar-refractivity contribution >= 4 is 11.7 Å². The van der Waals surface area contributed by atoms with Crippen molar-refractivity contribution in [1.29, 1.82) is 0 Å². The van der Waals surface area contributed by atoms with Crippen molar-refractivity contribution in [1.82, 2.24) is 5.32 Å². The van der Waals surface area contributed by atoms with Gasteiger partial charge in [-0.05, 0) is 48.6 Å². The van der Waals surface area contributed by atoms with Gasteiger partial charge in [-0.2, -0.15) is 0 Å². The number of fused-ring (bicyclic) bond motifs is 1. The molecule has 126 valence electrons. The molecule has 2 amide bonds. The van der Waals surface area contributed by atoms with Crippen LogP contribution in [0.1, 0.15) is 23.6 Å². The number of amides is 2. The normalized spacial score (nSPS) is 12.1. The van der Waals surface area contributed by atoms with E-state index in [-0.39, 0.29) is 12.8 Å². The number of para-hydroxylation sites is 1. The molecule has 2 N–H and O–H groups in total. The summed E-state index contributed by atoms with van der Waals surface area (Å²) in [6, 6.07) is 11.7. The molecule has 2 aromatic rings. The van der Waals surface area contributed by atoms with Crippen LogP contribution < -0.4 is 20.1 Å². The Hall–Kier alpha value is -2.69. The lowest BCUT2D eigenvalue weighted by Crippen LogP contribution is -2.31. The molecule has 1 aliphatic heterocycles. The van der Waals surface area contributed by atoms with Gasteiger partial charge < -0.3 is 20.1 Å². The molecule has 2 aromatic carbocycles. The van der Waals surface area contributed by atoms with Crippen LogP contribution in [-0.4, -0.2) is 19.4 Å². The number of urea groups is 1. The Kier molecular flexibility index (Phi) is 4.89. The van der Waals surface area contributed by atoms with Gasteiger partial charge in [0.2, 0.25) is 6.79 Å². The van der Waals surface area contributed by atoms with Crippen LogP contribution in [0.5, 0.6) is 11.5 Å². The van der Waals surface area contributed by atoms with Crippen LogP contribution in [0.25, 0.3) is 0 Å². The fourth-order valence-corrected chi connectivity index (χ4v) is 2.78. The largest absolute Gasteiger partial charge is 0.454 e. The number of carbonyl (C=O) groups is 1. The minimum atomic E-state index is -0.181. The number of aryl methyl sites for hydroxylation is 2. The fraction of sp³-hybridized carbons (Fsp3) is 0.316. The maximum atomic E-state index is 12.1. The minimum absolute atomic E-state index is 0.181. The molecule has 0 fully saturated rings. The summed E-state index contributed by atoms with van der Waals surface area (Å²) in [7, 11) is 0. The average Bonchev–Trinajstić information content (AvgIpc) is 3.04. The van der Waals surface area contributed by atoms with Gasteiger partial charge in [-0.25, -0.2) is 4.79 Å². The van der Waals surface area contributed by atoms with Crippen molar-refractivity contribution in [2.24, 2.45) is 0 Å². The number of hydrogen-bond donors (Lipinski definition) is 2. The van der Waals surface area contributed by atoms with E-state index in [9.17, 15) is 4.79 Å². The second-order valence-corrected chi connectivity index (χ2v) is 5.78. The average molecular weight is 326 g/mol. The third kappa shape index (κ3) is 3.62. The van der Waals surface area contributed by atoms with Gasteiger partial charge >= 0.3 is 6.03 Å². The number of anilines is 1. The van der Waals surface area contributed by atoms with Crippen LogP contribution >= 0.6 is 0 Å². The molecule has 5 heteroatoms. The van der Waals surface area contributed by atoms with E-state index in [4.69, 9.17) is 9.47 Å². The summed E-state index contributed by atoms with van der Waals surface area (Å²) in [5.74, 6) is 1.54. The molecular formula is C19H22N2O3. The maximum Gasteiger partial charge on any atom is 0.319 e. The van der Waals surface area contributed by atoms with Crippen molar-refractivity contribution < 1.29 is 14.3 Å². The molecule has 0 unspecified atom stereocenters. The molecule has 0 saturated carbocycles. The van der Waals surface area contributed by atoms with E-state index < -0.39 is 0 Å². The summed E-state index contributed by atoms with van der Waals surface area (Å²) in [5, 5.41) is 5.87. The number of benzene rings is 2. The summed E-state index contributed by atoms with van der Waals surface area (Å²) >= 11 is 0. The van der Waals surface area contributed by atoms with Crippen molar-refractivity contribution in [3.05, 3.63) is 53.1 Å². The van der Waals surface area contributed by atoms with Gasteiger partial charge in [-0.15, -0.1) is 0 Å². The van der Waals surface area contributed by atoms with Crippen LogP contribution in [0.15, 0.2) is 36.4 Å².